The van der Waals surface area contributed by atoms with Gasteiger partial charge in [0, 0.05) is 23.1 Å². The summed E-state index contributed by atoms with van der Waals surface area (Å²) in [6.45, 7) is 0.230. The van der Waals surface area contributed by atoms with E-state index in [1.165, 1.54) is 24.5 Å². The van der Waals surface area contributed by atoms with Crippen LogP contribution in [0.4, 0.5) is 11.4 Å². The highest BCUT2D eigenvalue weighted by atomic mass is 32.2. The molecule has 0 aliphatic carbocycles. The second-order valence-corrected chi connectivity index (χ2v) is 12.4. The van der Waals surface area contributed by atoms with E-state index in [0.717, 1.165) is 16.3 Å². The van der Waals surface area contributed by atoms with E-state index < -0.39 is 19.9 Å². The number of para-hydroxylation sites is 2. The molecule has 33 heavy (non-hydrogen) atoms. The van der Waals surface area contributed by atoms with Crippen LogP contribution in [0.25, 0.3) is 10.1 Å². The van der Waals surface area contributed by atoms with Crippen LogP contribution in [-0.4, -0.2) is 30.2 Å². The van der Waals surface area contributed by atoms with E-state index >= 15 is 0 Å². The first-order valence-corrected chi connectivity index (χ1v) is 14.1. The Morgan fingerprint density at radius 3 is 2.27 bits per heavy atom. The largest absolute Gasteiger partial charge is 0.496 e. The molecular weight excluding hydrogens is 480 g/mol. The number of fused-ring (bicyclic) bond motifs is 1. The first-order chi connectivity index (χ1) is 15.7. The van der Waals surface area contributed by atoms with Gasteiger partial charge in [0.15, 0.2) is 9.84 Å². The molecule has 0 saturated carbocycles. The lowest BCUT2D eigenvalue weighted by molar-refractivity contribution is 0.410. The molecule has 0 atom stereocenters. The molecular formula is C23H22N2O5S3. The van der Waals surface area contributed by atoms with Crippen LogP contribution in [0.5, 0.6) is 5.75 Å². The monoisotopic (exact) mass is 502 g/mol. The average Bonchev–Trinajstić information content (AvgIpc) is 3.23. The highest BCUT2D eigenvalue weighted by Crippen LogP contribution is 2.32. The third kappa shape index (κ3) is 5.13. The fourth-order valence-electron chi connectivity index (χ4n) is 3.33. The molecule has 1 aromatic heterocycles. The molecule has 0 aliphatic heterocycles. The van der Waals surface area contributed by atoms with E-state index in [1.807, 2.05) is 24.3 Å². The summed E-state index contributed by atoms with van der Waals surface area (Å²) < 4.78 is 59.1. The van der Waals surface area contributed by atoms with Crippen LogP contribution >= 0.6 is 11.3 Å². The highest BCUT2D eigenvalue weighted by molar-refractivity contribution is 7.94. The first kappa shape index (κ1) is 23.1. The van der Waals surface area contributed by atoms with Gasteiger partial charge in [-0.3, -0.25) is 4.72 Å². The fraction of sp³-hybridized carbons (Fsp3) is 0.130. The molecule has 0 radical (unpaired) electrons. The number of hydrogen-bond acceptors (Lipinski definition) is 7. The van der Waals surface area contributed by atoms with Crippen LogP contribution in [0.2, 0.25) is 0 Å². The van der Waals surface area contributed by atoms with E-state index in [4.69, 9.17) is 4.74 Å². The normalized spacial score (nSPS) is 11.9. The lowest BCUT2D eigenvalue weighted by atomic mass is 10.2. The number of sulfone groups is 1. The Morgan fingerprint density at radius 1 is 0.879 bits per heavy atom. The Hall–Kier alpha value is -3.08. The number of nitrogens with one attached hydrogen (secondary N) is 2. The van der Waals surface area contributed by atoms with Crippen molar-refractivity contribution in [2.75, 3.05) is 23.4 Å². The van der Waals surface area contributed by atoms with E-state index in [-0.39, 0.29) is 15.6 Å². The SMILES string of the molecule is COc1ccc(S(C)(=O)=O)cc1CNc1ccccc1NS(=O)(=O)c1cc2ccccc2s1. The zero-order valence-electron chi connectivity index (χ0n) is 17.9. The van der Waals surface area contributed by atoms with Crippen molar-refractivity contribution in [3.8, 4) is 5.75 Å². The summed E-state index contributed by atoms with van der Waals surface area (Å²) in [5, 5.41) is 4.05. The van der Waals surface area contributed by atoms with Gasteiger partial charge >= 0.3 is 0 Å². The van der Waals surface area contributed by atoms with Gasteiger partial charge in [-0.15, -0.1) is 11.3 Å². The van der Waals surface area contributed by atoms with Gasteiger partial charge in [-0.2, -0.15) is 0 Å². The molecule has 3 aromatic carbocycles. The van der Waals surface area contributed by atoms with Crippen molar-refractivity contribution < 1.29 is 21.6 Å². The van der Waals surface area contributed by atoms with Gasteiger partial charge in [-0.1, -0.05) is 30.3 Å². The van der Waals surface area contributed by atoms with Crippen molar-refractivity contribution in [2.24, 2.45) is 0 Å². The average molecular weight is 503 g/mol. The van der Waals surface area contributed by atoms with Gasteiger partial charge in [0.1, 0.15) is 9.96 Å². The minimum Gasteiger partial charge on any atom is -0.496 e. The van der Waals surface area contributed by atoms with Crippen LogP contribution in [0.15, 0.2) is 81.9 Å². The third-order valence-corrected chi connectivity index (χ3v) is 9.05. The lowest BCUT2D eigenvalue weighted by Crippen LogP contribution is -2.13. The smallest absolute Gasteiger partial charge is 0.271 e. The number of ether oxygens (including phenoxy) is 1. The molecule has 172 valence electrons. The molecule has 0 amide bonds. The predicted octanol–water partition coefficient (Wildman–Crippen LogP) is 4.73. The molecule has 0 saturated heterocycles. The molecule has 4 rings (SSSR count). The molecule has 0 spiro atoms. The fourth-order valence-corrected chi connectivity index (χ4v) is 6.47. The van der Waals surface area contributed by atoms with Gasteiger partial charge in [-0.05, 0) is 47.9 Å². The number of thiophene rings is 1. The Morgan fingerprint density at radius 2 is 1.58 bits per heavy atom. The molecule has 0 fully saturated rings. The summed E-state index contributed by atoms with van der Waals surface area (Å²) in [5.41, 5.74) is 1.56. The zero-order chi connectivity index (χ0) is 23.6. The molecule has 2 N–H and O–H groups in total. The Labute approximate surface area is 197 Å². The molecule has 10 heteroatoms. The Balaban J connectivity index is 1.60. The molecule has 0 aliphatic rings. The van der Waals surface area contributed by atoms with Crippen molar-refractivity contribution in [1.29, 1.82) is 0 Å². The van der Waals surface area contributed by atoms with E-state index in [9.17, 15) is 16.8 Å². The lowest BCUT2D eigenvalue weighted by Gasteiger charge is -2.15. The van der Waals surface area contributed by atoms with Gasteiger partial charge < -0.3 is 10.1 Å². The first-order valence-electron chi connectivity index (χ1n) is 9.89. The number of rotatable bonds is 8. The van der Waals surface area contributed by atoms with Crippen LogP contribution < -0.4 is 14.8 Å². The second kappa shape index (κ2) is 9.05. The quantitative estimate of drug-likeness (QED) is 0.361. The number of benzene rings is 3. The summed E-state index contributed by atoms with van der Waals surface area (Å²) in [5.74, 6) is 0.526. The van der Waals surface area contributed by atoms with Crippen molar-refractivity contribution in [1.82, 2.24) is 0 Å². The number of anilines is 2. The molecule has 4 aromatic rings. The highest BCUT2D eigenvalue weighted by Gasteiger charge is 2.19. The van der Waals surface area contributed by atoms with Crippen LogP contribution in [0.3, 0.4) is 0 Å². The van der Waals surface area contributed by atoms with E-state index in [1.54, 1.807) is 42.5 Å². The van der Waals surface area contributed by atoms with Gasteiger partial charge in [0.2, 0.25) is 0 Å². The summed E-state index contributed by atoms with van der Waals surface area (Å²) in [4.78, 5) is 0.179. The molecule has 0 bridgehead atoms. The summed E-state index contributed by atoms with van der Waals surface area (Å²) in [6.07, 6.45) is 1.14. The van der Waals surface area contributed by atoms with Crippen LogP contribution in [0, 0.1) is 0 Å². The molecule has 1 heterocycles. The van der Waals surface area contributed by atoms with Crippen molar-refractivity contribution >= 4 is 52.7 Å². The topological polar surface area (TPSA) is 102 Å². The maximum absolute atomic E-state index is 13.0. The van der Waals surface area contributed by atoms with Gasteiger partial charge in [0.25, 0.3) is 10.0 Å². The second-order valence-electron chi connectivity index (χ2n) is 7.35. The van der Waals surface area contributed by atoms with E-state index in [0.29, 0.717) is 22.7 Å². The maximum atomic E-state index is 13.0. The summed E-state index contributed by atoms with van der Waals surface area (Å²) in [7, 11) is -5.67. The zero-order valence-corrected chi connectivity index (χ0v) is 20.4. The van der Waals surface area contributed by atoms with Crippen molar-refractivity contribution in [3.63, 3.8) is 0 Å². The Kier molecular flexibility index (Phi) is 6.33. The minimum atomic E-state index is -3.80. The maximum Gasteiger partial charge on any atom is 0.271 e. The van der Waals surface area contributed by atoms with Gasteiger partial charge in [0.05, 0.1) is 23.4 Å². The predicted molar refractivity (Wildman–Crippen MR) is 133 cm³/mol. The van der Waals surface area contributed by atoms with Crippen LogP contribution in [-0.2, 0) is 26.4 Å². The Bertz CT molecular complexity index is 1490. The number of sulfonamides is 1. The van der Waals surface area contributed by atoms with Gasteiger partial charge in [-0.25, -0.2) is 16.8 Å². The van der Waals surface area contributed by atoms with E-state index in [2.05, 4.69) is 10.0 Å². The van der Waals surface area contributed by atoms with Crippen LogP contribution in [0.1, 0.15) is 5.56 Å². The summed E-state index contributed by atoms with van der Waals surface area (Å²) >= 11 is 1.20. The van der Waals surface area contributed by atoms with Crippen molar-refractivity contribution in [2.45, 2.75) is 15.6 Å². The summed E-state index contributed by atoms with van der Waals surface area (Å²) in [6, 6.07) is 20.7. The number of hydrogen-bond donors (Lipinski definition) is 2. The standard InChI is InChI=1S/C23H22N2O5S3/c1-30-21-12-11-18(32(2,26)27)13-17(21)15-24-19-8-4-5-9-20(19)25-33(28,29)23-14-16-7-3-6-10-22(16)31-23/h3-14,24-25H,15H2,1-2H3. The van der Waals surface area contributed by atoms with Crippen molar-refractivity contribution in [3.05, 3.63) is 78.4 Å². The third-order valence-electron chi connectivity index (χ3n) is 4.99. The molecule has 0 unspecified atom stereocenters. The number of methoxy groups -OCH3 is 1. The minimum absolute atomic E-state index is 0.179. The molecule has 7 nitrogen and oxygen atoms in total.